The summed E-state index contributed by atoms with van der Waals surface area (Å²) in [6.07, 6.45) is 6.02. The highest BCUT2D eigenvalue weighted by molar-refractivity contribution is 5.51. The lowest BCUT2D eigenvalue weighted by molar-refractivity contribution is 0.253. The predicted octanol–water partition coefficient (Wildman–Crippen LogP) is 3.95. The van der Waals surface area contributed by atoms with Crippen molar-refractivity contribution < 1.29 is 4.74 Å². The van der Waals surface area contributed by atoms with Crippen LogP contribution < -0.4 is 0 Å². The molecule has 0 amide bonds. The molecule has 1 heteroatoms. The lowest BCUT2D eigenvalue weighted by Crippen LogP contribution is -1.87. The van der Waals surface area contributed by atoms with Gasteiger partial charge >= 0.3 is 0 Å². The maximum Gasteiger partial charge on any atom is 0.106 e. The van der Waals surface area contributed by atoms with Gasteiger partial charge < -0.3 is 4.74 Å². The van der Waals surface area contributed by atoms with Crippen molar-refractivity contribution in [3.05, 3.63) is 53.3 Å². The number of hydrogen-bond acceptors (Lipinski definition) is 1. The van der Waals surface area contributed by atoms with Crippen LogP contribution in [-0.2, 0) is 4.74 Å². The van der Waals surface area contributed by atoms with Gasteiger partial charge in [-0.3, -0.25) is 0 Å². The zero-order valence-corrected chi connectivity index (χ0v) is 9.66. The highest BCUT2D eigenvalue weighted by Gasteiger charge is 1.91. The first-order chi connectivity index (χ1) is 7.22. The molecule has 1 nitrogen and oxygen atoms in total. The van der Waals surface area contributed by atoms with Gasteiger partial charge in [-0.05, 0) is 32.4 Å². The zero-order valence-electron chi connectivity index (χ0n) is 9.66. The molecule has 0 aliphatic heterocycles. The maximum absolute atomic E-state index is 5.49. The Morgan fingerprint density at radius 1 is 1.27 bits per heavy atom. The van der Waals surface area contributed by atoms with Crippen LogP contribution in [0.3, 0.4) is 0 Å². The fraction of sp³-hybridized carbons (Fsp3) is 0.286. The van der Waals surface area contributed by atoms with Gasteiger partial charge in [0.25, 0.3) is 0 Å². The average Bonchev–Trinajstić information content (AvgIpc) is 2.22. The lowest BCUT2D eigenvalue weighted by Gasteiger charge is -2.03. The molecular formula is C14H18O. The summed E-state index contributed by atoms with van der Waals surface area (Å²) in [5.41, 5.74) is 2.46. The molecule has 0 spiro atoms. The minimum atomic E-state index is 0.644. The van der Waals surface area contributed by atoms with Crippen molar-refractivity contribution in [3.8, 4) is 0 Å². The Hall–Kier alpha value is -1.50. The number of aryl methyl sites for hydroxylation is 1. The second-order valence-corrected chi connectivity index (χ2v) is 3.55. The van der Waals surface area contributed by atoms with Gasteiger partial charge in [0.15, 0.2) is 0 Å². The molecule has 0 atom stereocenters. The SMILES string of the molecule is C/C=C/CO/C(C)=C/c1ccc(C)cc1. The van der Waals surface area contributed by atoms with E-state index in [1.807, 2.05) is 32.1 Å². The van der Waals surface area contributed by atoms with Crippen LogP contribution in [-0.4, -0.2) is 6.61 Å². The molecule has 0 unspecified atom stereocenters. The second kappa shape index (κ2) is 6.07. The molecule has 0 N–H and O–H groups in total. The summed E-state index contributed by atoms with van der Waals surface area (Å²) >= 11 is 0. The van der Waals surface area contributed by atoms with Gasteiger partial charge in [-0.25, -0.2) is 0 Å². The van der Waals surface area contributed by atoms with E-state index in [1.165, 1.54) is 11.1 Å². The van der Waals surface area contributed by atoms with Crippen LogP contribution in [0.15, 0.2) is 42.2 Å². The first kappa shape index (κ1) is 11.6. The van der Waals surface area contributed by atoms with Gasteiger partial charge in [-0.1, -0.05) is 42.0 Å². The maximum atomic E-state index is 5.49. The van der Waals surface area contributed by atoms with Gasteiger partial charge in [0, 0.05) is 0 Å². The molecule has 0 aliphatic carbocycles. The molecule has 15 heavy (non-hydrogen) atoms. The third-order valence-corrected chi connectivity index (χ3v) is 2.09. The van der Waals surface area contributed by atoms with Crippen molar-refractivity contribution in [2.45, 2.75) is 20.8 Å². The highest BCUT2D eigenvalue weighted by atomic mass is 16.5. The zero-order chi connectivity index (χ0) is 11.1. The van der Waals surface area contributed by atoms with E-state index in [1.54, 1.807) is 0 Å². The topological polar surface area (TPSA) is 9.23 Å². The third-order valence-electron chi connectivity index (χ3n) is 2.09. The van der Waals surface area contributed by atoms with Gasteiger partial charge in [-0.15, -0.1) is 0 Å². The summed E-state index contributed by atoms with van der Waals surface area (Å²) in [4.78, 5) is 0. The summed E-state index contributed by atoms with van der Waals surface area (Å²) in [5.74, 6) is 0.942. The molecule has 0 fully saturated rings. The molecular weight excluding hydrogens is 184 g/mol. The summed E-state index contributed by atoms with van der Waals surface area (Å²) in [7, 11) is 0. The van der Waals surface area contributed by atoms with Crippen LogP contribution >= 0.6 is 0 Å². The third kappa shape index (κ3) is 4.50. The number of allylic oxidation sites excluding steroid dienone is 2. The Morgan fingerprint density at radius 2 is 1.93 bits per heavy atom. The van der Waals surface area contributed by atoms with Gasteiger partial charge in [0.2, 0.25) is 0 Å². The van der Waals surface area contributed by atoms with E-state index in [9.17, 15) is 0 Å². The van der Waals surface area contributed by atoms with E-state index < -0.39 is 0 Å². The Kier molecular flexibility index (Phi) is 4.69. The molecule has 0 saturated carbocycles. The Morgan fingerprint density at radius 3 is 2.53 bits per heavy atom. The van der Waals surface area contributed by atoms with Crippen LogP contribution in [0.4, 0.5) is 0 Å². The first-order valence-corrected chi connectivity index (χ1v) is 5.21. The molecule has 0 aromatic heterocycles. The molecule has 0 heterocycles. The van der Waals surface area contributed by atoms with Crippen molar-refractivity contribution in [2.24, 2.45) is 0 Å². The molecule has 1 aromatic carbocycles. The number of rotatable bonds is 4. The van der Waals surface area contributed by atoms with Crippen LogP contribution in [0.2, 0.25) is 0 Å². The minimum absolute atomic E-state index is 0.644. The summed E-state index contributed by atoms with van der Waals surface area (Å²) in [6.45, 7) is 6.69. The van der Waals surface area contributed by atoms with Crippen molar-refractivity contribution >= 4 is 6.08 Å². The van der Waals surface area contributed by atoms with E-state index in [0.717, 1.165) is 5.76 Å². The van der Waals surface area contributed by atoms with Crippen molar-refractivity contribution in [2.75, 3.05) is 6.61 Å². The standard InChI is InChI=1S/C14H18O/c1-4-5-10-15-13(3)11-14-8-6-12(2)7-9-14/h4-9,11H,10H2,1-3H3/b5-4+,13-11+. The lowest BCUT2D eigenvalue weighted by atomic mass is 10.1. The quantitative estimate of drug-likeness (QED) is 0.530. The van der Waals surface area contributed by atoms with E-state index in [0.29, 0.717) is 6.61 Å². The summed E-state index contributed by atoms with van der Waals surface area (Å²) in [5, 5.41) is 0. The van der Waals surface area contributed by atoms with Crippen molar-refractivity contribution in [3.63, 3.8) is 0 Å². The molecule has 0 aliphatic rings. The normalized spacial score (nSPS) is 12.1. The molecule has 0 radical (unpaired) electrons. The van der Waals surface area contributed by atoms with E-state index in [2.05, 4.69) is 31.2 Å². The van der Waals surface area contributed by atoms with Crippen LogP contribution in [0.5, 0.6) is 0 Å². The minimum Gasteiger partial charge on any atom is -0.494 e. The fourth-order valence-corrected chi connectivity index (χ4v) is 1.21. The Bertz CT molecular complexity index is 344. The monoisotopic (exact) mass is 202 g/mol. The second-order valence-electron chi connectivity index (χ2n) is 3.55. The number of ether oxygens (including phenoxy) is 1. The van der Waals surface area contributed by atoms with E-state index in [4.69, 9.17) is 4.74 Å². The predicted molar refractivity (Wildman–Crippen MR) is 65.6 cm³/mol. The highest BCUT2D eigenvalue weighted by Crippen LogP contribution is 2.09. The van der Waals surface area contributed by atoms with Gasteiger partial charge in [0.05, 0.1) is 5.76 Å². The summed E-state index contributed by atoms with van der Waals surface area (Å²) in [6, 6.07) is 8.39. The van der Waals surface area contributed by atoms with Crippen LogP contribution in [0.25, 0.3) is 6.08 Å². The van der Waals surface area contributed by atoms with Crippen LogP contribution in [0.1, 0.15) is 25.0 Å². The fourth-order valence-electron chi connectivity index (χ4n) is 1.21. The van der Waals surface area contributed by atoms with Gasteiger partial charge in [-0.2, -0.15) is 0 Å². The number of benzene rings is 1. The molecule has 0 saturated heterocycles. The molecule has 80 valence electrons. The smallest absolute Gasteiger partial charge is 0.106 e. The van der Waals surface area contributed by atoms with E-state index >= 15 is 0 Å². The Balaban J connectivity index is 2.58. The van der Waals surface area contributed by atoms with Crippen LogP contribution in [0, 0.1) is 6.92 Å². The first-order valence-electron chi connectivity index (χ1n) is 5.21. The average molecular weight is 202 g/mol. The van der Waals surface area contributed by atoms with Gasteiger partial charge in [0.1, 0.15) is 6.61 Å². The molecule has 1 aromatic rings. The largest absolute Gasteiger partial charge is 0.494 e. The van der Waals surface area contributed by atoms with E-state index in [-0.39, 0.29) is 0 Å². The molecule has 1 rings (SSSR count). The van der Waals surface area contributed by atoms with Crippen molar-refractivity contribution in [1.29, 1.82) is 0 Å². The Labute approximate surface area is 92.1 Å². The summed E-state index contributed by atoms with van der Waals surface area (Å²) < 4.78 is 5.49. The van der Waals surface area contributed by atoms with Crippen molar-refractivity contribution in [1.82, 2.24) is 0 Å². The number of hydrogen-bond donors (Lipinski definition) is 0. The molecule has 0 bridgehead atoms.